The third-order valence-corrected chi connectivity index (χ3v) is 3.12. The van der Waals surface area contributed by atoms with Gasteiger partial charge in [0.15, 0.2) is 0 Å². The van der Waals surface area contributed by atoms with Crippen LogP contribution in [-0.4, -0.2) is 24.4 Å². The highest BCUT2D eigenvalue weighted by Crippen LogP contribution is 2.32. The van der Waals surface area contributed by atoms with Crippen molar-refractivity contribution in [1.29, 1.82) is 0 Å². The number of amides is 2. The fourth-order valence-corrected chi connectivity index (χ4v) is 2.28. The minimum atomic E-state index is -0.958. The zero-order valence-electron chi connectivity index (χ0n) is 10.6. The number of nitrogens with one attached hydrogen (secondary N) is 1. The van der Waals surface area contributed by atoms with Crippen molar-refractivity contribution in [3.63, 3.8) is 0 Å². The van der Waals surface area contributed by atoms with E-state index in [4.69, 9.17) is 4.74 Å². The van der Waals surface area contributed by atoms with Gasteiger partial charge in [0.2, 0.25) is 11.8 Å². The number of piperidine rings is 1. The molecule has 100 valence electrons. The van der Waals surface area contributed by atoms with E-state index in [1.807, 2.05) is 30.3 Å². The number of carbonyl (C=O) groups excluding carboxylic acids is 3. The largest absolute Gasteiger partial charge is 0.465 e. The summed E-state index contributed by atoms with van der Waals surface area (Å²) in [5.41, 5.74) is 0.795. The summed E-state index contributed by atoms with van der Waals surface area (Å²) in [6.45, 7) is 1.89. The molecule has 0 aromatic heterocycles. The second kappa shape index (κ2) is 5.65. The summed E-state index contributed by atoms with van der Waals surface area (Å²) in [6.07, 6.45) is 0.110. The van der Waals surface area contributed by atoms with Gasteiger partial charge in [-0.2, -0.15) is 0 Å². The van der Waals surface area contributed by atoms with E-state index >= 15 is 0 Å². The molecule has 5 heteroatoms. The number of carbonyl (C=O) groups is 3. The molecule has 2 amide bonds. The minimum absolute atomic E-state index is 0.110. The van der Waals surface area contributed by atoms with Gasteiger partial charge in [0, 0.05) is 12.3 Å². The molecule has 1 N–H and O–H groups in total. The molecule has 1 saturated heterocycles. The Morgan fingerprint density at radius 2 is 2.00 bits per heavy atom. The molecular weight excluding hydrogens is 246 g/mol. The first-order valence-electron chi connectivity index (χ1n) is 6.18. The molecule has 0 unspecified atom stereocenters. The first-order chi connectivity index (χ1) is 9.13. The number of hydrogen-bond donors (Lipinski definition) is 1. The molecule has 1 aliphatic rings. The molecule has 1 aliphatic heterocycles. The van der Waals surface area contributed by atoms with Crippen molar-refractivity contribution < 1.29 is 19.1 Å². The molecule has 2 atom stereocenters. The Labute approximate surface area is 110 Å². The van der Waals surface area contributed by atoms with Gasteiger partial charge < -0.3 is 4.74 Å². The molecule has 0 aliphatic carbocycles. The summed E-state index contributed by atoms with van der Waals surface area (Å²) in [5.74, 6) is -2.94. The topological polar surface area (TPSA) is 72.5 Å². The summed E-state index contributed by atoms with van der Waals surface area (Å²) in [7, 11) is 0. The van der Waals surface area contributed by atoms with Crippen LogP contribution >= 0.6 is 0 Å². The summed E-state index contributed by atoms with van der Waals surface area (Å²) in [4.78, 5) is 35.3. The van der Waals surface area contributed by atoms with Crippen LogP contribution in [0.4, 0.5) is 0 Å². The first-order valence-corrected chi connectivity index (χ1v) is 6.18. The second-order valence-electron chi connectivity index (χ2n) is 4.36. The van der Waals surface area contributed by atoms with Crippen molar-refractivity contribution in [1.82, 2.24) is 5.32 Å². The third-order valence-electron chi connectivity index (χ3n) is 3.12. The van der Waals surface area contributed by atoms with Crippen molar-refractivity contribution in [2.45, 2.75) is 19.3 Å². The average molecular weight is 261 g/mol. The molecule has 0 bridgehead atoms. The lowest BCUT2D eigenvalue weighted by Gasteiger charge is -2.28. The number of benzene rings is 1. The Morgan fingerprint density at radius 1 is 1.32 bits per heavy atom. The van der Waals surface area contributed by atoms with Crippen LogP contribution in [0.15, 0.2) is 30.3 Å². The van der Waals surface area contributed by atoms with Gasteiger partial charge in [0.05, 0.1) is 6.61 Å². The summed E-state index contributed by atoms with van der Waals surface area (Å²) >= 11 is 0. The van der Waals surface area contributed by atoms with Crippen LogP contribution in [0.5, 0.6) is 0 Å². The first kappa shape index (κ1) is 13.3. The number of ether oxygens (including phenoxy) is 1. The fourth-order valence-electron chi connectivity index (χ4n) is 2.28. The smallest absolute Gasteiger partial charge is 0.319 e. The Hall–Kier alpha value is -2.17. The molecule has 1 heterocycles. The average Bonchev–Trinajstić information content (AvgIpc) is 2.39. The van der Waals surface area contributed by atoms with Crippen molar-refractivity contribution in [2.24, 2.45) is 5.92 Å². The SMILES string of the molecule is CCOC(=O)[C@@H]1C(=O)NC(=O)C[C@H]1c1ccccc1. The van der Waals surface area contributed by atoms with Gasteiger partial charge in [-0.3, -0.25) is 19.7 Å². The van der Waals surface area contributed by atoms with Gasteiger partial charge in [-0.15, -0.1) is 0 Å². The lowest BCUT2D eigenvalue weighted by atomic mass is 9.80. The third kappa shape index (κ3) is 2.81. The number of esters is 1. The van der Waals surface area contributed by atoms with Gasteiger partial charge in [-0.25, -0.2) is 0 Å². The standard InChI is InChI=1S/C14H15NO4/c1-2-19-14(18)12-10(8-11(16)15-13(12)17)9-6-4-3-5-7-9/h3-7,10,12H,2,8H2,1H3,(H,15,16,17)/t10-,12-/m0/s1. The van der Waals surface area contributed by atoms with Crippen LogP contribution < -0.4 is 5.32 Å². The van der Waals surface area contributed by atoms with Crippen LogP contribution in [0, 0.1) is 5.92 Å². The lowest BCUT2D eigenvalue weighted by Crippen LogP contribution is -2.48. The number of imide groups is 1. The van der Waals surface area contributed by atoms with E-state index in [0.29, 0.717) is 0 Å². The molecule has 5 nitrogen and oxygen atoms in total. The molecule has 0 saturated carbocycles. The fraction of sp³-hybridized carbons (Fsp3) is 0.357. The van der Waals surface area contributed by atoms with Crippen molar-refractivity contribution in [2.75, 3.05) is 6.61 Å². The Balaban J connectivity index is 2.32. The van der Waals surface area contributed by atoms with Gasteiger partial charge in [-0.1, -0.05) is 30.3 Å². The van der Waals surface area contributed by atoms with E-state index in [2.05, 4.69) is 5.32 Å². The molecular formula is C14H15NO4. The lowest BCUT2D eigenvalue weighted by molar-refractivity contribution is -0.155. The maximum Gasteiger partial charge on any atom is 0.319 e. The molecule has 19 heavy (non-hydrogen) atoms. The second-order valence-corrected chi connectivity index (χ2v) is 4.36. The highest BCUT2D eigenvalue weighted by atomic mass is 16.5. The number of rotatable bonds is 3. The number of hydrogen-bond acceptors (Lipinski definition) is 4. The minimum Gasteiger partial charge on any atom is -0.465 e. The summed E-state index contributed by atoms with van der Waals surface area (Å²) < 4.78 is 4.93. The van der Waals surface area contributed by atoms with Crippen LogP contribution in [0.1, 0.15) is 24.8 Å². The van der Waals surface area contributed by atoms with Crippen LogP contribution in [0.3, 0.4) is 0 Å². The summed E-state index contributed by atoms with van der Waals surface area (Å²) in [5, 5.41) is 2.19. The zero-order valence-corrected chi connectivity index (χ0v) is 10.6. The normalized spacial score (nSPS) is 22.8. The predicted molar refractivity (Wildman–Crippen MR) is 67.1 cm³/mol. The van der Waals surface area contributed by atoms with Crippen molar-refractivity contribution in [3.05, 3.63) is 35.9 Å². The maximum atomic E-state index is 11.9. The van der Waals surface area contributed by atoms with Crippen molar-refractivity contribution in [3.8, 4) is 0 Å². The molecule has 0 spiro atoms. The molecule has 0 radical (unpaired) electrons. The molecule has 1 aromatic rings. The Kier molecular flexibility index (Phi) is 3.94. The van der Waals surface area contributed by atoms with Gasteiger partial charge in [0.1, 0.15) is 5.92 Å². The van der Waals surface area contributed by atoms with E-state index in [1.165, 1.54) is 0 Å². The molecule has 1 fully saturated rings. The van der Waals surface area contributed by atoms with E-state index in [0.717, 1.165) is 5.56 Å². The highest BCUT2D eigenvalue weighted by Gasteiger charge is 2.42. The van der Waals surface area contributed by atoms with E-state index in [9.17, 15) is 14.4 Å². The highest BCUT2D eigenvalue weighted by molar-refractivity contribution is 6.08. The Bertz CT molecular complexity index is 497. The van der Waals surface area contributed by atoms with Crippen molar-refractivity contribution >= 4 is 17.8 Å². The summed E-state index contributed by atoms with van der Waals surface area (Å²) in [6, 6.07) is 9.09. The molecule has 1 aromatic carbocycles. The Morgan fingerprint density at radius 3 is 2.63 bits per heavy atom. The zero-order chi connectivity index (χ0) is 13.8. The van der Waals surface area contributed by atoms with Crippen LogP contribution in [-0.2, 0) is 19.1 Å². The van der Waals surface area contributed by atoms with Gasteiger partial charge >= 0.3 is 5.97 Å². The van der Waals surface area contributed by atoms with Crippen LogP contribution in [0.2, 0.25) is 0 Å². The quantitative estimate of drug-likeness (QED) is 0.500. The van der Waals surface area contributed by atoms with Crippen LogP contribution in [0.25, 0.3) is 0 Å². The maximum absolute atomic E-state index is 11.9. The van der Waals surface area contributed by atoms with Gasteiger partial charge in [0.25, 0.3) is 0 Å². The van der Waals surface area contributed by atoms with E-state index in [1.54, 1.807) is 6.92 Å². The van der Waals surface area contributed by atoms with E-state index in [-0.39, 0.29) is 18.9 Å². The van der Waals surface area contributed by atoms with Gasteiger partial charge in [-0.05, 0) is 12.5 Å². The monoisotopic (exact) mass is 261 g/mol. The molecule has 2 rings (SSSR count). The predicted octanol–water partition coefficient (Wildman–Crippen LogP) is 0.996. The van der Waals surface area contributed by atoms with E-state index < -0.39 is 23.7 Å².